The molecule has 0 unspecified atom stereocenters. The van der Waals surface area contributed by atoms with Crippen molar-refractivity contribution in [3.63, 3.8) is 0 Å². The summed E-state index contributed by atoms with van der Waals surface area (Å²) in [5.41, 5.74) is 0.976. The van der Waals surface area contributed by atoms with Gasteiger partial charge in [0.05, 0.1) is 13.3 Å². The second-order valence-corrected chi connectivity index (χ2v) is 6.73. The highest BCUT2D eigenvalue weighted by molar-refractivity contribution is 6.04. The molecule has 0 bridgehead atoms. The van der Waals surface area contributed by atoms with Crippen LogP contribution < -0.4 is 15.7 Å². The van der Waals surface area contributed by atoms with Crippen LogP contribution in [-0.4, -0.2) is 28.0 Å². The van der Waals surface area contributed by atoms with Crippen molar-refractivity contribution in [2.45, 2.75) is 39.7 Å². The number of rotatable bonds is 8. The van der Waals surface area contributed by atoms with Gasteiger partial charge in [-0.2, -0.15) is 0 Å². The van der Waals surface area contributed by atoms with Crippen LogP contribution in [0.3, 0.4) is 0 Å². The van der Waals surface area contributed by atoms with Gasteiger partial charge < -0.3 is 14.5 Å². The van der Waals surface area contributed by atoms with Gasteiger partial charge in [-0.25, -0.2) is 4.79 Å². The molecule has 0 aliphatic heterocycles. The minimum atomic E-state index is -0.659. The van der Waals surface area contributed by atoms with Crippen molar-refractivity contribution in [3.8, 4) is 5.75 Å². The standard InChI is InChI=1S/C21H24N4O4/c1-4-11-25-13-18(23-24-25)22-20(26)19-14(2)12-17(29-21(19)27)10-7-15-5-8-16(28-3)9-6-15/h5-6,8-9,12-13H,4,7,10-11H2,1-3H3,(H,22,26). The number of carbonyl (C=O) groups is 1. The quantitative estimate of drug-likeness (QED) is 0.628. The minimum absolute atomic E-state index is 0.0248. The van der Waals surface area contributed by atoms with Gasteiger partial charge in [-0.05, 0) is 49.1 Å². The Labute approximate surface area is 168 Å². The Balaban J connectivity index is 1.69. The molecular weight excluding hydrogens is 372 g/mol. The minimum Gasteiger partial charge on any atom is -0.497 e. The summed E-state index contributed by atoms with van der Waals surface area (Å²) in [6.45, 7) is 4.44. The number of methoxy groups -OCH3 is 1. The van der Waals surface area contributed by atoms with Crippen LogP contribution in [0.5, 0.6) is 5.75 Å². The lowest BCUT2D eigenvalue weighted by molar-refractivity contribution is 0.102. The van der Waals surface area contributed by atoms with Gasteiger partial charge in [0.15, 0.2) is 5.82 Å². The van der Waals surface area contributed by atoms with Crippen LogP contribution >= 0.6 is 0 Å². The average Bonchev–Trinajstić information content (AvgIpc) is 3.13. The molecule has 0 atom stereocenters. The maximum atomic E-state index is 12.5. The lowest BCUT2D eigenvalue weighted by Crippen LogP contribution is -2.23. The highest BCUT2D eigenvalue weighted by Gasteiger charge is 2.18. The van der Waals surface area contributed by atoms with Gasteiger partial charge in [0.25, 0.3) is 5.91 Å². The Bertz CT molecular complexity index is 1040. The molecule has 3 rings (SSSR count). The number of hydrogen-bond acceptors (Lipinski definition) is 6. The molecule has 8 heteroatoms. The molecule has 29 heavy (non-hydrogen) atoms. The van der Waals surface area contributed by atoms with E-state index in [9.17, 15) is 9.59 Å². The van der Waals surface area contributed by atoms with E-state index in [1.807, 2.05) is 31.2 Å². The Morgan fingerprint density at radius 2 is 2.00 bits per heavy atom. The number of amides is 1. The second kappa shape index (κ2) is 9.18. The number of hydrogen-bond donors (Lipinski definition) is 1. The van der Waals surface area contributed by atoms with Crippen LogP contribution in [0.15, 0.2) is 45.7 Å². The largest absolute Gasteiger partial charge is 0.497 e. The highest BCUT2D eigenvalue weighted by Crippen LogP contribution is 2.15. The average molecular weight is 396 g/mol. The molecule has 0 fully saturated rings. The van der Waals surface area contributed by atoms with Crippen LogP contribution in [-0.2, 0) is 19.4 Å². The first-order valence-electron chi connectivity index (χ1n) is 9.48. The molecule has 0 saturated carbocycles. The number of ether oxygens (including phenoxy) is 1. The summed E-state index contributed by atoms with van der Waals surface area (Å²) in [5.74, 6) is 1.07. The van der Waals surface area contributed by atoms with Gasteiger partial charge in [-0.3, -0.25) is 9.48 Å². The van der Waals surface area contributed by atoms with E-state index in [1.54, 1.807) is 31.0 Å². The van der Waals surface area contributed by atoms with Crippen molar-refractivity contribution in [2.75, 3.05) is 12.4 Å². The summed E-state index contributed by atoms with van der Waals surface area (Å²) >= 11 is 0. The first-order chi connectivity index (χ1) is 14.0. The van der Waals surface area contributed by atoms with E-state index in [4.69, 9.17) is 9.15 Å². The fraction of sp³-hybridized carbons (Fsp3) is 0.333. The molecule has 1 amide bonds. The number of nitrogens with zero attached hydrogens (tertiary/aromatic N) is 3. The lowest BCUT2D eigenvalue weighted by Gasteiger charge is -2.07. The second-order valence-electron chi connectivity index (χ2n) is 6.73. The zero-order chi connectivity index (χ0) is 20.8. The third kappa shape index (κ3) is 5.10. The summed E-state index contributed by atoms with van der Waals surface area (Å²) in [5, 5.41) is 10.4. The van der Waals surface area contributed by atoms with Gasteiger partial charge in [0.2, 0.25) is 0 Å². The van der Waals surface area contributed by atoms with Gasteiger partial charge in [0, 0.05) is 13.0 Å². The Morgan fingerprint density at radius 1 is 1.24 bits per heavy atom. The smallest absolute Gasteiger partial charge is 0.349 e. The Hall–Kier alpha value is -3.42. The van der Waals surface area contributed by atoms with E-state index in [1.165, 1.54) is 0 Å². The summed E-state index contributed by atoms with van der Waals surface area (Å²) in [4.78, 5) is 24.9. The Kier molecular flexibility index (Phi) is 6.43. The zero-order valence-corrected chi connectivity index (χ0v) is 16.8. The molecule has 0 radical (unpaired) electrons. The van der Waals surface area contributed by atoms with Gasteiger partial charge >= 0.3 is 5.63 Å². The van der Waals surface area contributed by atoms with E-state index in [0.29, 0.717) is 36.5 Å². The predicted molar refractivity (Wildman–Crippen MR) is 108 cm³/mol. The molecule has 2 heterocycles. The van der Waals surface area contributed by atoms with Crippen LogP contribution in [0.25, 0.3) is 0 Å². The van der Waals surface area contributed by atoms with Crippen molar-refractivity contribution in [1.82, 2.24) is 15.0 Å². The molecule has 152 valence electrons. The molecule has 1 aromatic carbocycles. The topological polar surface area (TPSA) is 99.2 Å². The fourth-order valence-electron chi connectivity index (χ4n) is 3.00. The zero-order valence-electron chi connectivity index (χ0n) is 16.8. The number of aryl methyl sites for hydroxylation is 4. The number of anilines is 1. The molecule has 0 saturated heterocycles. The molecule has 0 aliphatic rings. The first-order valence-corrected chi connectivity index (χ1v) is 9.48. The summed E-state index contributed by atoms with van der Waals surface area (Å²) < 4.78 is 12.2. The van der Waals surface area contributed by atoms with Crippen molar-refractivity contribution in [3.05, 3.63) is 69.4 Å². The lowest BCUT2D eigenvalue weighted by atomic mass is 10.1. The van der Waals surface area contributed by atoms with E-state index in [2.05, 4.69) is 15.6 Å². The number of carbonyl (C=O) groups excluding carboxylic acids is 1. The third-order valence-electron chi connectivity index (χ3n) is 4.48. The summed E-state index contributed by atoms with van der Waals surface area (Å²) in [7, 11) is 1.62. The monoisotopic (exact) mass is 396 g/mol. The molecular formula is C21H24N4O4. The maximum Gasteiger partial charge on any atom is 0.349 e. The number of aromatic nitrogens is 3. The maximum absolute atomic E-state index is 12.5. The van der Waals surface area contributed by atoms with Crippen molar-refractivity contribution in [2.24, 2.45) is 0 Å². The van der Waals surface area contributed by atoms with Crippen molar-refractivity contribution < 1.29 is 13.9 Å². The first kappa shape index (κ1) is 20.3. The van der Waals surface area contributed by atoms with E-state index < -0.39 is 11.5 Å². The number of benzene rings is 1. The highest BCUT2D eigenvalue weighted by atomic mass is 16.5. The molecule has 3 aromatic rings. The summed E-state index contributed by atoms with van der Waals surface area (Å²) in [6.07, 6.45) is 3.78. The molecule has 0 aliphatic carbocycles. The molecule has 1 N–H and O–H groups in total. The molecule has 0 spiro atoms. The van der Waals surface area contributed by atoms with E-state index in [-0.39, 0.29) is 5.56 Å². The molecule has 8 nitrogen and oxygen atoms in total. The SMILES string of the molecule is CCCn1cc(NC(=O)c2c(C)cc(CCc3ccc(OC)cc3)oc2=O)nn1. The predicted octanol–water partition coefficient (Wildman–Crippen LogP) is 3.00. The summed E-state index contributed by atoms with van der Waals surface area (Å²) in [6, 6.07) is 9.45. The van der Waals surface area contributed by atoms with Crippen LogP contribution in [0, 0.1) is 6.92 Å². The third-order valence-corrected chi connectivity index (χ3v) is 4.48. The fourth-order valence-corrected chi connectivity index (χ4v) is 3.00. The van der Waals surface area contributed by atoms with Gasteiger partial charge in [-0.1, -0.05) is 24.3 Å². The van der Waals surface area contributed by atoms with Crippen molar-refractivity contribution >= 4 is 11.7 Å². The van der Waals surface area contributed by atoms with Gasteiger partial charge in [0.1, 0.15) is 17.1 Å². The van der Waals surface area contributed by atoms with Crippen LogP contribution in [0.4, 0.5) is 5.82 Å². The Morgan fingerprint density at radius 3 is 2.66 bits per heavy atom. The van der Waals surface area contributed by atoms with Crippen LogP contribution in [0.2, 0.25) is 0 Å². The normalized spacial score (nSPS) is 10.7. The molecule has 2 aromatic heterocycles. The van der Waals surface area contributed by atoms with Gasteiger partial charge in [-0.15, -0.1) is 5.10 Å². The van der Waals surface area contributed by atoms with Crippen molar-refractivity contribution in [1.29, 1.82) is 0 Å². The number of nitrogens with one attached hydrogen (secondary N) is 1. The van der Waals surface area contributed by atoms with E-state index in [0.717, 1.165) is 17.7 Å². The van der Waals surface area contributed by atoms with E-state index >= 15 is 0 Å². The van der Waals surface area contributed by atoms with Crippen LogP contribution in [0.1, 0.15) is 40.6 Å².